The van der Waals surface area contributed by atoms with Crippen molar-refractivity contribution in [2.45, 2.75) is 19.8 Å². The lowest BCUT2D eigenvalue weighted by molar-refractivity contribution is 0.855. The zero-order valence-corrected chi connectivity index (χ0v) is 9.66. The maximum absolute atomic E-state index is 4.32. The second-order valence-corrected chi connectivity index (χ2v) is 4.39. The summed E-state index contributed by atoms with van der Waals surface area (Å²) in [5.74, 6) is 0.507. The van der Waals surface area contributed by atoms with E-state index >= 15 is 0 Å². The molecule has 0 aliphatic heterocycles. The first-order valence-electron chi connectivity index (χ1n) is 4.17. The first-order chi connectivity index (χ1) is 6.20. The number of fused-ring (bicyclic) bond motifs is 1. The molecule has 68 valence electrons. The largest absolute Gasteiger partial charge is 0.275 e. The number of hydrogen-bond donors (Lipinski definition) is 1. The van der Waals surface area contributed by atoms with Crippen LogP contribution in [-0.4, -0.2) is 15.2 Å². The minimum Gasteiger partial charge on any atom is -0.275 e. The van der Waals surface area contributed by atoms with E-state index in [0.717, 1.165) is 11.0 Å². The summed E-state index contributed by atoms with van der Waals surface area (Å²) < 4.78 is 1.23. The van der Waals surface area contributed by atoms with Crippen LogP contribution in [0.15, 0.2) is 12.4 Å². The SMILES string of the molecule is CC(C)c1cnc2cn[nH]c2c1I. The van der Waals surface area contributed by atoms with Crippen molar-refractivity contribution in [1.82, 2.24) is 15.2 Å². The van der Waals surface area contributed by atoms with Crippen LogP contribution in [0, 0.1) is 3.57 Å². The van der Waals surface area contributed by atoms with Gasteiger partial charge in [-0.25, -0.2) is 0 Å². The summed E-state index contributed by atoms with van der Waals surface area (Å²) in [7, 11) is 0. The van der Waals surface area contributed by atoms with Gasteiger partial charge in [-0.1, -0.05) is 13.8 Å². The molecule has 2 aromatic rings. The van der Waals surface area contributed by atoms with Crippen LogP contribution in [0.4, 0.5) is 0 Å². The smallest absolute Gasteiger partial charge is 0.109 e. The van der Waals surface area contributed by atoms with E-state index in [4.69, 9.17) is 0 Å². The van der Waals surface area contributed by atoms with Crippen LogP contribution in [-0.2, 0) is 0 Å². The summed E-state index contributed by atoms with van der Waals surface area (Å²) in [6, 6.07) is 0. The van der Waals surface area contributed by atoms with E-state index in [2.05, 4.69) is 51.6 Å². The fraction of sp³-hybridized carbons (Fsp3) is 0.333. The Morgan fingerprint density at radius 2 is 2.15 bits per heavy atom. The number of aromatic amines is 1. The molecule has 0 amide bonds. The van der Waals surface area contributed by atoms with Gasteiger partial charge in [0, 0.05) is 9.77 Å². The number of nitrogens with one attached hydrogen (secondary N) is 1. The van der Waals surface area contributed by atoms with E-state index < -0.39 is 0 Å². The maximum atomic E-state index is 4.32. The highest BCUT2D eigenvalue weighted by Crippen LogP contribution is 2.25. The Labute approximate surface area is 90.1 Å². The molecular formula is C9H10IN3. The summed E-state index contributed by atoms with van der Waals surface area (Å²) in [5, 5.41) is 6.93. The van der Waals surface area contributed by atoms with Gasteiger partial charge in [0.25, 0.3) is 0 Å². The topological polar surface area (TPSA) is 41.6 Å². The Balaban J connectivity index is 2.73. The number of hydrogen-bond acceptors (Lipinski definition) is 2. The first-order valence-corrected chi connectivity index (χ1v) is 5.25. The summed E-state index contributed by atoms with van der Waals surface area (Å²) in [6.45, 7) is 4.34. The Morgan fingerprint density at radius 3 is 2.85 bits per heavy atom. The number of H-pyrrole nitrogens is 1. The van der Waals surface area contributed by atoms with E-state index in [0.29, 0.717) is 5.92 Å². The van der Waals surface area contributed by atoms with Gasteiger partial charge in [-0.2, -0.15) is 5.10 Å². The number of aromatic nitrogens is 3. The van der Waals surface area contributed by atoms with E-state index in [1.807, 2.05) is 6.20 Å². The molecule has 0 fully saturated rings. The normalized spacial score (nSPS) is 11.4. The quantitative estimate of drug-likeness (QED) is 0.819. The molecule has 0 spiro atoms. The third-order valence-corrected chi connectivity index (χ3v) is 3.22. The van der Waals surface area contributed by atoms with Crippen molar-refractivity contribution >= 4 is 33.6 Å². The summed E-state index contributed by atoms with van der Waals surface area (Å²) >= 11 is 2.34. The first kappa shape index (κ1) is 8.93. The monoisotopic (exact) mass is 287 g/mol. The van der Waals surface area contributed by atoms with Gasteiger partial charge in [0.15, 0.2) is 0 Å². The van der Waals surface area contributed by atoms with Gasteiger partial charge in [0.05, 0.1) is 11.7 Å². The van der Waals surface area contributed by atoms with Gasteiger partial charge in [-0.3, -0.25) is 10.1 Å². The molecule has 0 radical (unpaired) electrons. The molecule has 0 atom stereocenters. The average Bonchev–Trinajstić information content (AvgIpc) is 2.52. The van der Waals surface area contributed by atoms with Crippen molar-refractivity contribution in [2.24, 2.45) is 0 Å². The molecule has 0 aromatic carbocycles. The highest BCUT2D eigenvalue weighted by atomic mass is 127. The van der Waals surface area contributed by atoms with Crippen molar-refractivity contribution < 1.29 is 0 Å². The van der Waals surface area contributed by atoms with Crippen molar-refractivity contribution in [3.63, 3.8) is 0 Å². The lowest BCUT2D eigenvalue weighted by Gasteiger charge is -2.07. The van der Waals surface area contributed by atoms with E-state index in [1.165, 1.54) is 9.13 Å². The van der Waals surface area contributed by atoms with Gasteiger partial charge in [0.1, 0.15) is 5.52 Å². The predicted molar refractivity (Wildman–Crippen MR) is 60.7 cm³/mol. The second kappa shape index (κ2) is 3.25. The molecule has 2 rings (SSSR count). The van der Waals surface area contributed by atoms with Crippen LogP contribution >= 0.6 is 22.6 Å². The van der Waals surface area contributed by atoms with Crippen LogP contribution in [0.2, 0.25) is 0 Å². The summed E-state index contributed by atoms with van der Waals surface area (Å²) in [4.78, 5) is 4.32. The van der Waals surface area contributed by atoms with Crippen molar-refractivity contribution in [3.05, 3.63) is 21.5 Å². The Kier molecular flexibility index (Phi) is 2.23. The average molecular weight is 287 g/mol. The fourth-order valence-corrected chi connectivity index (χ4v) is 2.44. The van der Waals surface area contributed by atoms with E-state index in [1.54, 1.807) is 6.20 Å². The van der Waals surface area contributed by atoms with Gasteiger partial charge < -0.3 is 0 Å². The third kappa shape index (κ3) is 1.43. The molecule has 0 saturated carbocycles. The highest BCUT2D eigenvalue weighted by Gasteiger charge is 2.09. The van der Waals surface area contributed by atoms with E-state index in [9.17, 15) is 0 Å². The zero-order valence-electron chi connectivity index (χ0n) is 7.50. The lowest BCUT2D eigenvalue weighted by Crippen LogP contribution is -1.94. The fourth-order valence-electron chi connectivity index (χ4n) is 1.28. The minimum absolute atomic E-state index is 0.507. The van der Waals surface area contributed by atoms with Crippen LogP contribution in [0.1, 0.15) is 25.3 Å². The lowest BCUT2D eigenvalue weighted by atomic mass is 10.1. The molecule has 0 bridgehead atoms. The van der Waals surface area contributed by atoms with Crippen molar-refractivity contribution in [2.75, 3.05) is 0 Å². The Morgan fingerprint density at radius 1 is 1.38 bits per heavy atom. The molecule has 0 saturated heterocycles. The summed E-state index contributed by atoms with van der Waals surface area (Å²) in [5.41, 5.74) is 3.26. The molecule has 4 heteroatoms. The molecular weight excluding hydrogens is 277 g/mol. The summed E-state index contributed by atoms with van der Waals surface area (Å²) in [6.07, 6.45) is 3.69. The van der Waals surface area contributed by atoms with Gasteiger partial charge in [-0.05, 0) is 34.1 Å². The number of nitrogens with zero attached hydrogens (tertiary/aromatic N) is 2. The second-order valence-electron chi connectivity index (χ2n) is 3.31. The molecule has 2 aromatic heterocycles. The number of pyridine rings is 1. The number of halogens is 1. The Hall–Kier alpha value is -0.650. The van der Waals surface area contributed by atoms with Gasteiger partial charge in [-0.15, -0.1) is 0 Å². The van der Waals surface area contributed by atoms with Crippen molar-refractivity contribution in [1.29, 1.82) is 0 Å². The zero-order chi connectivity index (χ0) is 9.42. The van der Waals surface area contributed by atoms with Crippen LogP contribution < -0.4 is 0 Å². The maximum Gasteiger partial charge on any atom is 0.109 e. The standard InChI is InChI=1S/C9H10IN3/c1-5(2)6-3-11-7-4-12-13-9(7)8(6)10/h3-5H,1-2H3,(H,12,13). The van der Waals surface area contributed by atoms with Gasteiger partial charge >= 0.3 is 0 Å². The van der Waals surface area contributed by atoms with Gasteiger partial charge in [0.2, 0.25) is 0 Å². The van der Waals surface area contributed by atoms with Crippen LogP contribution in [0.5, 0.6) is 0 Å². The minimum atomic E-state index is 0.507. The molecule has 2 heterocycles. The number of rotatable bonds is 1. The molecule has 3 nitrogen and oxygen atoms in total. The molecule has 13 heavy (non-hydrogen) atoms. The van der Waals surface area contributed by atoms with Crippen LogP contribution in [0.25, 0.3) is 11.0 Å². The Bertz CT molecular complexity index is 433. The highest BCUT2D eigenvalue weighted by molar-refractivity contribution is 14.1. The molecule has 1 N–H and O–H groups in total. The molecule has 0 aliphatic carbocycles. The third-order valence-electron chi connectivity index (χ3n) is 2.06. The molecule has 0 unspecified atom stereocenters. The van der Waals surface area contributed by atoms with E-state index in [-0.39, 0.29) is 0 Å². The predicted octanol–water partition coefficient (Wildman–Crippen LogP) is 2.69. The van der Waals surface area contributed by atoms with Crippen LogP contribution in [0.3, 0.4) is 0 Å². The van der Waals surface area contributed by atoms with Crippen molar-refractivity contribution in [3.8, 4) is 0 Å². The molecule has 0 aliphatic rings.